The van der Waals surface area contributed by atoms with Crippen LogP contribution in [0.3, 0.4) is 0 Å². The molecule has 2 aromatic heterocycles. The first-order valence-electron chi connectivity index (χ1n) is 7.97. The van der Waals surface area contributed by atoms with Crippen LogP contribution in [0.25, 0.3) is 11.0 Å². The van der Waals surface area contributed by atoms with Crippen molar-refractivity contribution in [1.29, 1.82) is 0 Å². The average molecular weight is 326 g/mol. The van der Waals surface area contributed by atoms with Crippen LogP contribution in [0.2, 0.25) is 0 Å². The Bertz CT molecular complexity index is 869. The fraction of sp³-hybridized carbons (Fsp3) is 0.389. The fourth-order valence-electron chi connectivity index (χ4n) is 2.83. The second kappa shape index (κ2) is 6.20. The summed E-state index contributed by atoms with van der Waals surface area (Å²) < 4.78 is 7.23. The van der Waals surface area contributed by atoms with Gasteiger partial charge in [0.15, 0.2) is 5.65 Å². The highest BCUT2D eigenvalue weighted by atomic mass is 16.5. The zero-order chi connectivity index (χ0) is 17.4. The van der Waals surface area contributed by atoms with E-state index in [1.807, 2.05) is 11.6 Å². The average Bonchev–Trinajstić information content (AvgIpc) is 2.93. The number of methoxy groups -OCH3 is 1. The number of aliphatic hydroxyl groups is 1. The highest BCUT2D eigenvalue weighted by Gasteiger charge is 2.24. The Balaban J connectivity index is 2.24. The van der Waals surface area contributed by atoms with E-state index in [-0.39, 0.29) is 6.04 Å². The molecule has 0 saturated heterocycles. The van der Waals surface area contributed by atoms with Crippen LogP contribution in [-0.4, -0.2) is 32.0 Å². The van der Waals surface area contributed by atoms with Gasteiger partial charge in [0, 0.05) is 0 Å². The highest BCUT2D eigenvalue weighted by Crippen LogP contribution is 2.32. The number of aryl methyl sites for hydroxylation is 2. The number of benzene rings is 1. The Morgan fingerprint density at radius 2 is 1.75 bits per heavy atom. The lowest BCUT2D eigenvalue weighted by atomic mass is 10.1. The van der Waals surface area contributed by atoms with Crippen LogP contribution < -0.4 is 4.74 Å². The second-order valence-electron chi connectivity index (χ2n) is 6.07. The van der Waals surface area contributed by atoms with Gasteiger partial charge in [-0.15, -0.1) is 0 Å². The van der Waals surface area contributed by atoms with Gasteiger partial charge >= 0.3 is 0 Å². The Morgan fingerprint density at radius 3 is 2.33 bits per heavy atom. The van der Waals surface area contributed by atoms with E-state index in [4.69, 9.17) is 4.74 Å². The summed E-state index contributed by atoms with van der Waals surface area (Å²) in [7, 11) is 1.56. The van der Waals surface area contributed by atoms with E-state index in [1.54, 1.807) is 14.0 Å². The topological polar surface area (TPSA) is 73.1 Å². The summed E-state index contributed by atoms with van der Waals surface area (Å²) in [5, 5.41) is 15.4. The maximum Gasteiger partial charge on any atom is 0.228 e. The van der Waals surface area contributed by atoms with Crippen molar-refractivity contribution in [2.75, 3.05) is 7.11 Å². The molecule has 3 rings (SSSR count). The first-order valence-corrected chi connectivity index (χ1v) is 7.97. The van der Waals surface area contributed by atoms with E-state index in [0.717, 1.165) is 5.56 Å². The van der Waals surface area contributed by atoms with Crippen molar-refractivity contribution < 1.29 is 9.84 Å². The molecule has 126 valence electrons. The Labute approximate surface area is 141 Å². The van der Waals surface area contributed by atoms with Gasteiger partial charge < -0.3 is 9.84 Å². The molecule has 0 aliphatic carbocycles. The van der Waals surface area contributed by atoms with Gasteiger partial charge in [0.25, 0.3) is 0 Å². The molecule has 0 saturated carbocycles. The monoisotopic (exact) mass is 326 g/mol. The van der Waals surface area contributed by atoms with Crippen LogP contribution >= 0.6 is 0 Å². The molecule has 0 bridgehead atoms. The zero-order valence-electron chi connectivity index (χ0n) is 14.6. The van der Waals surface area contributed by atoms with Crippen LogP contribution in [-0.2, 0) is 0 Å². The fourth-order valence-corrected chi connectivity index (χ4v) is 2.83. The van der Waals surface area contributed by atoms with E-state index in [1.165, 1.54) is 5.56 Å². The third-order valence-electron chi connectivity index (χ3n) is 4.17. The smallest absolute Gasteiger partial charge is 0.228 e. The summed E-state index contributed by atoms with van der Waals surface area (Å²) in [5.41, 5.74) is 3.53. The Kier molecular flexibility index (Phi) is 4.24. The molecule has 1 N–H and O–H groups in total. The van der Waals surface area contributed by atoms with E-state index in [9.17, 15) is 5.11 Å². The minimum Gasteiger partial charge on any atom is -0.480 e. The van der Waals surface area contributed by atoms with Crippen LogP contribution in [0.1, 0.15) is 48.6 Å². The van der Waals surface area contributed by atoms with E-state index in [0.29, 0.717) is 28.4 Å². The lowest BCUT2D eigenvalue weighted by Gasteiger charge is -2.14. The molecule has 0 radical (unpaired) electrons. The maximum absolute atomic E-state index is 10.1. The Morgan fingerprint density at radius 1 is 1.08 bits per heavy atom. The molecule has 2 atom stereocenters. The van der Waals surface area contributed by atoms with Crippen LogP contribution in [0.15, 0.2) is 24.3 Å². The molecule has 2 heterocycles. The number of aliphatic hydroxyl groups excluding tert-OH is 1. The van der Waals surface area contributed by atoms with Crippen LogP contribution in [0.5, 0.6) is 5.88 Å². The molecule has 0 amide bonds. The lowest BCUT2D eigenvalue weighted by molar-refractivity contribution is 0.194. The minimum absolute atomic E-state index is 0.0281. The van der Waals surface area contributed by atoms with Gasteiger partial charge in [-0.05, 0) is 33.3 Å². The summed E-state index contributed by atoms with van der Waals surface area (Å²) in [6.45, 7) is 7.62. The largest absolute Gasteiger partial charge is 0.480 e. The molecular formula is C18H22N4O2. The zero-order valence-corrected chi connectivity index (χ0v) is 14.6. The molecule has 3 aromatic rings. The third kappa shape index (κ3) is 2.73. The molecular weight excluding hydrogens is 304 g/mol. The van der Waals surface area contributed by atoms with Crippen molar-refractivity contribution >= 4 is 11.0 Å². The summed E-state index contributed by atoms with van der Waals surface area (Å²) >= 11 is 0. The van der Waals surface area contributed by atoms with Crippen molar-refractivity contribution in [2.45, 2.75) is 39.8 Å². The van der Waals surface area contributed by atoms with Crippen molar-refractivity contribution in [3.63, 3.8) is 0 Å². The van der Waals surface area contributed by atoms with Crippen molar-refractivity contribution in [1.82, 2.24) is 19.7 Å². The molecule has 0 fully saturated rings. The van der Waals surface area contributed by atoms with Gasteiger partial charge in [0.05, 0.1) is 19.3 Å². The SMILES string of the molecule is COc1nc(C)nc2c1c(C(C)O)nn2[C@@H](C)c1ccc(C)cc1. The molecule has 24 heavy (non-hydrogen) atoms. The minimum atomic E-state index is -0.737. The van der Waals surface area contributed by atoms with Gasteiger partial charge in [-0.25, -0.2) is 9.67 Å². The molecule has 1 aromatic carbocycles. The third-order valence-corrected chi connectivity index (χ3v) is 4.17. The molecule has 0 spiro atoms. The summed E-state index contributed by atoms with van der Waals surface area (Å²) in [4.78, 5) is 8.87. The molecule has 1 unspecified atom stereocenters. The molecule has 0 aliphatic rings. The molecule has 6 heteroatoms. The predicted molar refractivity (Wildman–Crippen MR) is 92.2 cm³/mol. The van der Waals surface area contributed by atoms with Gasteiger partial charge in [0.2, 0.25) is 5.88 Å². The standard InChI is InChI=1S/C18H22N4O2/c1-10-6-8-14(9-7-10)11(2)22-17-15(16(21-22)12(3)23)18(24-5)20-13(4)19-17/h6-9,11-12,23H,1-5H3/t11-,12?/m0/s1. The maximum atomic E-state index is 10.1. The lowest BCUT2D eigenvalue weighted by Crippen LogP contribution is -2.10. The molecule has 0 aliphatic heterocycles. The second-order valence-corrected chi connectivity index (χ2v) is 6.07. The van der Waals surface area contributed by atoms with Gasteiger partial charge in [-0.3, -0.25) is 0 Å². The number of aromatic nitrogens is 4. The quantitative estimate of drug-likeness (QED) is 0.797. The number of nitrogens with zero attached hydrogens (tertiary/aromatic N) is 4. The number of ether oxygens (including phenoxy) is 1. The normalized spacial score (nSPS) is 13.9. The first-order chi connectivity index (χ1) is 11.4. The summed E-state index contributed by atoms with van der Waals surface area (Å²) in [6.07, 6.45) is -0.737. The Hall–Kier alpha value is -2.47. The number of hydrogen-bond acceptors (Lipinski definition) is 5. The van der Waals surface area contributed by atoms with Crippen molar-refractivity contribution in [3.8, 4) is 5.88 Å². The highest BCUT2D eigenvalue weighted by molar-refractivity contribution is 5.84. The van der Waals surface area contributed by atoms with Gasteiger partial charge in [-0.1, -0.05) is 29.8 Å². The number of rotatable bonds is 4. The predicted octanol–water partition coefficient (Wildman–Crippen LogP) is 3.11. The number of hydrogen-bond donors (Lipinski definition) is 1. The van der Waals surface area contributed by atoms with Gasteiger partial charge in [-0.2, -0.15) is 10.1 Å². The van der Waals surface area contributed by atoms with E-state index >= 15 is 0 Å². The van der Waals surface area contributed by atoms with Crippen LogP contribution in [0.4, 0.5) is 0 Å². The summed E-state index contributed by atoms with van der Waals surface area (Å²) in [5.74, 6) is 1.05. The van der Waals surface area contributed by atoms with Crippen LogP contribution in [0, 0.1) is 13.8 Å². The van der Waals surface area contributed by atoms with E-state index in [2.05, 4.69) is 53.2 Å². The van der Waals surface area contributed by atoms with Crippen molar-refractivity contribution in [3.05, 3.63) is 46.9 Å². The summed E-state index contributed by atoms with van der Waals surface area (Å²) in [6, 6.07) is 8.29. The van der Waals surface area contributed by atoms with Crippen molar-refractivity contribution in [2.24, 2.45) is 0 Å². The first kappa shape index (κ1) is 16.4. The molecule has 6 nitrogen and oxygen atoms in total. The van der Waals surface area contributed by atoms with E-state index < -0.39 is 6.10 Å². The van der Waals surface area contributed by atoms with Gasteiger partial charge in [0.1, 0.15) is 16.9 Å². The number of fused-ring (bicyclic) bond motifs is 1.